The van der Waals surface area contributed by atoms with E-state index < -0.39 is 23.3 Å². The third kappa shape index (κ3) is 3.60. The summed E-state index contributed by atoms with van der Waals surface area (Å²) >= 11 is 0. The number of amides is 1. The molecule has 31 heavy (non-hydrogen) atoms. The van der Waals surface area contributed by atoms with Gasteiger partial charge in [-0.15, -0.1) is 10.2 Å². The van der Waals surface area contributed by atoms with Crippen molar-refractivity contribution < 1.29 is 18.0 Å². The van der Waals surface area contributed by atoms with Gasteiger partial charge in [-0.1, -0.05) is 0 Å². The Balaban J connectivity index is 1.67. The smallest absolute Gasteiger partial charge is 0.251 e. The van der Waals surface area contributed by atoms with E-state index in [1.807, 2.05) is 0 Å². The molecule has 1 fully saturated rings. The van der Waals surface area contributed by atoms with Crippen LogP contribution in [-0.4, -0.2) is 41.4 Å². The zero-order valence-corrected chi connectivity index (χ0v) is 16.9. The molecule has 1 N–H and O–H groups in total. The molecular weight excluding hydrogens is 407 g/mol. The maximum absolute atomic E-state index is 14.4. The number of carbonyl (C=O) groups excluding carboxylic acids is 1. The first-order valence-corrected chi connectivity index (χ1v) is 9.70. The van der Waals surface area contributed by atoms with Gasteiger partial charge in [0.05, 0.1) is 11.2 Å². The summed E-state index contributed by atoms with van der Waals surface area (Å²) in [6.07, 6.45) is 0.543. The molecule has 0 spiro atoms. The van der Waals surface area contributed by atoms with Crippen molar-refractivity contribution in [3.63, 3.8) is 0 Å². The Morgan fingerprint density at radius 2 is 1.90 bits per heavy atom. The van der Waals surface area contributed by atoms with Crippen LogP contribution in [0.5, 0.6) is 0 Å². The van der Waals surface area contributed by atoms with E-state index in [4.69, 9.17) is 0 Å². The lowest BCUT2D eigenvalue weighted by Gasteiger charge is -2.50. The third-order valence-electron chi connectivity index (χ3n) is 5.69. The fourth-order valence-corrected chi connectivity index (χ4v) is 3.90. The highest BCUT2D eigenvalue weighted by Gasteiger charge is 2.52. The first-order valence-electron chi connectivity index (χ1n) is 9.70. The molecule has 2 heterocycles. The highest BCUT2D eigenvalue weighted by atomic mass is 19.1. The molecule has 1 aliphatic carbocycles. The number of alkyl halides is 1. The number of benzene rings is 1. The molecule has 3 aromatic rings. The quantitative estimate of drug-likeness (QED) is 0.673. The van der Waals surface area contributed by atoms with Gasteiger partial charge in [0.25, 0.3) is 5.91 Å². The first kappa shape index (κ1) is 20.8. The standard InChI is InChI=1S/C22H20F3N5O/c1-26-21(31)13-5-6-16(24)15(10-13)18-7-8-19(29-28-18)30(2)22(11-14(23)12-22)20-17(25)4-3-9-27-20/h3-10,14H,11-12H2,1-2H3,(H,26,31)/t14-,22-. The van der Waals surface area contributed by atoms with Crippen molar-refractivity contribution in [1.29, 1.82) is 0 Å². The average molecular weight is 427 g/mol. The van der Waals surface area contributed by atoms with Gasteiger partial charge in [-0.3, -0.25) is 9.78 Å². The predicted molar refractivity (Wildman–Crippen MR) is 109 cm³/mol. The van der Waals surface area contributed by atoms with Crippen LogP contribution in [0.15, 0.2) is 48.7 Å². The second-order valence-corrected chi connectivity index (χ2v) is 7.48. The van der Waals surface area contributed by atoms with Crippen LogP contribution in [0.2, 0.25) is 0 Å². The van der Waals surface area contributed by atoms with Gasteiger partial charge < -0.3 is 10.2 Å². The summed E-state index contributed by atoms with van der Waals surface area (Å²) in [7, 11) is 3.16. The highest BCUT2D eigenvalue weighted by Crippen LogP contribution is 2.48. The van der Waals surface area contributed by atoms with Gasteiger partial charge in [-0.2, -0.15) is 0 Å². The number of carbonyl (C=O) groups is 1. The molecule has 2 aromatic heterocycles. The van der Waals surface area contributed by atoms with Crippen LogP contribution in [0.25, 0.3) is 11.3 Å². The number of rotatable bonds is 5. The van der Waals surface area contributed by atoms with E-state index in [-0.39, 0.29) is 41.3 Å². The van der Waals surface area contributed by atoms with Gasteiger partial charge in [0.2, 0.25) is 0 Å². The third-order valence-corrected chi connectivity index (χ3v) is 5.69. The number of nitrogens with zero attached hydrogens (tertiary/aromatic N) is 4. The zero-order chi connectivity index (χ0) is 22.2. The van der Waals surface area contributed by atoms with Crippen molar-refractivity contribution >= 4 is 11.7 Å². The van der Waals surface area contributed by atoms with E-state index in [2.05, 4.69) is 20.5 Å². The number of hydrogen-bond donors (Lipinski definition) is 1. The maximum Gasteiger partial charge on any atom is 0.251 e. The second-order valence-electron chi connectivity index (χ2n) is 7.48. The number of hydrogen-bond acceptors (Lipinski definition) is 5. The average Bonchev–Trinajstić information content (AvgIpc) is 2.77. The van der Waals surface area contributed by atoms with E-state index in [1.54, 1.807) is 24.1 Å². The molecular formula is C22H20F3N5O. The monoisotopic (exact) mass is 427 g/mol. The summed E-state index contributed by atoms with van der Waals surface area (Å²) in [5.74, 6) is -1.05. The van der Waals surface area contributed by atoms with Crippen LogP contribution in [0.4, 0.5) is 19.0 Å². The summed E-state index contributed by atoms with van der Waals surface area (Å²) in [5.41, 5.74) is -0.182. The van der Waals surface area contributed by atoms with Crippen molar-refractivity contribution in [3.8, 4) is 11.3 Å². The SMILES string of the molecule is CNC(=O)c1ccc(F)c(-c2ccc(N(C)[C@]3(c4ncccc4F)C[C@@H](F)C3)nn2)c1. The molecule has 1 saturated carbocycles. The molecule has 4 rings (SSSR count). The molecule has 6 nitrogen and oxygen atoms in total. The molecule has 0 unspecified atom stereocenters. The topological polar surface area (TPSA) is 71.0 Å². The highest BCUT2D eigenvalue weighted by molar-refractivity contribution is 5.95. The minimum Gasteiger partial charge on any atom is -0.355 e. The minimum absolute atomic E-state index is 0.0731. The van der Waals surface area contributed by atoms with E-state index in [9.17, 15) is 18.0 Å². The van der Waals surface area contributed by atoms with Gasteiger partial charge in [-0.25, -0.2) is 13.2 Å². The fraction of sp³-hybridized carbons (Fsp3) is 0.273. The largest absolute Gasteiger partial charge is 0.355 e. The van der Waals surface area contributed by atoms with Crippen LogP contribution in [0, 0.1) is 11.6 Å². The molecule has 160 valence electrons. The van der Waals surface area contributed by atoms with Crippen molar-refractivity contribution in [1.82, 2.24) is 20.5 Å². The first-order chi connectivity index (χ1) is 14.9. The van der Waals surface area contributed by atoms with E-state index in [0.717, 1.165) is 0 Å². The number of halogens is 3. The molecule has 0 atom stereocenters. The van der Waals surface area contributed by atoms with Gasteiger partial charge in [0.1, 0.15) is 23.5 Å². The maximum atomic E-state index is 14.4. The summed E-state index contributed by atoms with van der Waals surface area (Å²) in [4.78, 5) is 17.6. The lowest BCUT2D eigenvalue weighted by molar-refractivity contribution is 0.0865. The number of anilines is 1. The van der Waals surface area contributed by atoms with Crippen LogP contribution >= 0.6 is 0 Å². The van der Waals surface area contributed by atoms with E-state index >= 15 is 0 Å². The summed E-state index contributed by atoms with van der Waals surface area (Å²) in [6.45, 7) is 0. The number of pyridine rings is 1. The normalized spacial score (nSPS) is 20.1. The van der Waals surface area contributed by atoms with Crippen LogP contribution < -0.4 is 10.2 Å². The summed E-state index contributed by atoms with van der Waals surface area (Å²) in [6, 6.07) is 9.89. The Morgan fingerprint density at radius 3 is 2.52 bits per heavy atom. The van der Waals surface area contributed by atoms with E-state index in [0.29, 0.717) is 5.82 Å². The minimum atomic E-state index is -1.07. The summed E-state index contributed by atoms with van der Waals surface area (Å²) < 4.78 is 42.7. The Kier molecular flexibility index (Phi) is 5.34. The molecule has 1 aliphatic rings. The van der Waals surface area contributed by atoms with Crippen LogP contribution in [-0.2, 0) is 5.54 Å². The molecule has 0 saturated heterocycles. The second kappa shape index (κ2) is 7.98. The Bertz CT molecular complexity index is 1120. The molecule has 9 heteroatoms. The van der Waals surface area contributed by atoms with Gasteiger partial charge in [0, 0.05) is 44.3 Å². The molecule has 0 bridgehead atoms. The lowest BCUT2D eigenvalue weighted by Crippen LogP contribution is -2.56. The zero-order valence-electron chi connectivity index (χ0n) is 16.9. The summed E-state index contributed by atoms with van der Waals surface area (Å²) in [5, 5.41) is 10.7. The van der Waals surface area contributed by atoms with Crippen LogP contribution in [0.3, 0.4) is 0 Å². The van der Waals surface area contributed by atoms with Crippen molar-refractivity contribution in [2.45, 2.75) is 24.6 Å². The molecule has 0 radical (unpaired) electrons. The van der Waals surface area contributed by atoms with Gasteiger partial charge in [0.15, 0.2) is 5.82 Å². The van der Waals surface area contributed by atoms with Crippen molar-refractivity contribution in [2.24, 2.45) is 0 Å². The van der Waals surface area contributed by atoms with Gasteiger partial charge >= 0.3 is 0 Å². The number of aromatic nitrogens is 3. The Morgan fingerprint density at radius 1 is 1.13 bits per heavy atom. The Hall–Kier alpha value is -3.49. The van der Waals surface area contributed by atoms with Gasteiger partial charge in [-0.05, 0) is 42.5 Å². The van der Waals surface area contributed by atoms with Crippen LogP contribution in [0.1, 0.15) is 28.9 Å². The fourth-order valence-electron chi connectivity index (χ4n) is 3.90. The molecule has 1 amide bonds. The molecule has 1 aromatic carbocycles. The Labute approximate surface area is 177 Å². The molecule has 0 aliphatic heterocycles. The van der Waals surface area contributed by atoms with E-state index in [1.165, 1.54) is 43.6 Å². The van der Waals surface area contributed by atoms with Crippen molar-refractivity contribution in [2.75, 3.05) is 19.0 Å². The predicted octanol–water partition coefficient (Wildman–Crippen LogP) is 3.64. The lowest BCUT2D eigenvalue weighted by atomic mass is 9.71. The number of nitrogens with one attached hydrogen (secondary N) is 1. The van der Waals surface area contributed by atoms with Crippen molar-refractivity contribution in [3.05, 3.63) is 71.6 Å².